The molecule has 0 saturated heterocycles. The van der Waals surface area contributed by atoms with E-state index in [1.54, 1.807) is 71.2 Å². The number of aromatic nitrogens is 4. The molecule has 0 aliphatic carbocycles. The number of esters is 1. The molecule has 0 saturated carbocycles. The second-order valence-electron chi connectivity index (χ2n) is 12.7. The van der Waals surface area contributed by atoms with Crippen LogP contribution in [-0.2, 0) is 14.2 Å². The number of hydrogen-bond acceptors (Lipinski definition) is 9. The Morgan fingerprint density at radius 3 is 2.02 bits per heavy atom. The topological polar surface area (TPSA) is 126 Å². The van der Waals surface area contributed by atoms with Gasteiger partial charge in [-0.15, -0.1) is 0 Å². The lowest BCUT2D eigenvalue weighted by atomic mass is 10.0. The van der Waals surface area contributed by atoms with Gasteiger partial charge in [0.1, 0.15) is 45.5 Å². The number of methoxy groups -OCH3 is 1. The Labute approximate surface area is 269 Å². The maximum atomic E-state index is 15.2. The second kappa shape index (κ2) is 12.0. The van der Waals surface area contributed by atoms with Crippen molar-refractivity contribution in [3.8, 4) is 16.8 Å². The summed E-state index contributed by atoms with van der Waals surface area (Å²) in [4.78, 5) is 53.2. The van der Waals surface area contributed by atoms with Gasteiger partial charge in [-0.2, -0.15) is 4.90 Å². The number of pyridine rings is 2. The summed E-state index contributed by atoms with van der Waals surface area (Å²) in [6.45, 7) is 11.6. The van der Waals surface area contributed by atoms with Gasteiger partial charge in [0.25, 0.3) is 0 Å². The van der Waals surface area contributed by atoms with Crippen LogP contribution in [0.2, 0.25) is 0 Å². The van der Waals surface area contributed by atoms with Crippen molar-refractivity contribution in [2.24, 2.45) is 0 Å². The molecule has 3 aromatic heterocycles. The number of benzene rings is 2. The maximum Gasteiger partial charge on any atom is 0.425 e. The van der Waals surface area contributed by atoms with Crippen molar-refractivity contribution >= 4 is 45.9 Å². The van der Waals surface area contributed by atoms with Crippen LogP contribution in [0.3, 0.4) is 0 Å². The number of amides is 2. The Bertz CT molecular complexity index is 2030. The zero-order valence-electron chi connectivity index (χ0n) is 27.1. The molecule has 244 valence electrons. The Morgan fingerprint density at radius 1 is 0.787 bits per heavy atom. The quantitative estimate of drug-likeness (QED) is 0.143. The lowest BCUT2D eigenvalue weighted by Gasteiger charge is -2.28. The van der Waals surface area contributed by atoms with E-state index in [9.17, 15) is 18.8 Å². The summed E-state index contributed by atoms with van der Waals surface area (Å²) >= 11 is 0. The first kappa shape index (κ1) is 32.9. The molecule has 0 fully saturated rings. The van der Waals surface area contributed by atoms with Crippen LogP contribution in [0.25, 0.3) is 38.8 Å². The minimum Gasteiger partial charge on any atom is -0.465 e. The molecule has 2 amide bonds. The molecular formula is C34H33F2N5O6. The first-order valence-corrected chi connectivity index (χ1v) is 14.6. The molecule has 3 heterocycles. The average molecular weight is 646 g/mol. The molecule has 0 aliphatic heterocycles. The number of carbonyl (C=O) groups excluding carboxylic acids is 3. The first-order valence-electron chi connectivity index (χ1n) is 14.6. The number of hydrogen-bond donors (Lipinski definition) is 0. The third-order valence-corrected chi connectivity index (χ3v) is 6.80. The van der Waals surface area contributed by atoms with Gasteiger partial charge in [-0.1, -0.05) is 0 Å². The number of nitrogens with zero attached hydrogens (tertiary/aromatic N) is 5. The molecule has 0 unspecified atom stereocenters. The SMILES string of the molecule is COC(=O)c1cc(-c2ccnc(N(C(=O)OC(C)(C)C)C(=O)OC(C)(C)C)c2)cc2c1nc(C)n2-c1ccnc2c(F)ccc(F)c12. The van der Waals surface area contributed by atoms with Crippen LogP contribution >= 0.6 is 0 Å². The summed E-state index contributed by atoms with van der Waals surface area (Å²) in [5.41, 5.74) is -0.239. The van der Waals surface area contributed by atoms with Gasteiger partial charge in [0, 0.05) is 12.4 Å². The number of carbonyl (C=O) groups is 3. The smallest absolute Gasteiger partial charge is 0.425 e. The molecule has 0 atom stereocenters. The summed E-state index contributed by atoms with van der Waals surface area (Å²) in [5.74, 6) is -1.83. The van der Waals surface area contributed by atoms with E-state index in [0.717, 1.165) is 12.1 Å². The second-order valence-corrected chi connectivity index (χ2v) is 12.7. The van der Waals surface area contributed by atoms with E-state index in [2.05, 4.69) is 15.0 Å². The number of imidazole rings is 1. The molecule has 0 N–H and O–H groups in total. The molecule has 2 aromatic carbocycles. The lowest BCUT2D eigenvalue weighted by molar-refractivity contribution is 0.0428. The molecule has 13 heteroatoms. The highest BCUT2D eigenvalue weighted by molar-refractivity contribution is 6.09. The van der Waals surface area contributed by atoms with E-state index in [4.69, 9.17) is 14.2 Å². The fraction of sp³-hybridized carbons (Fsp3) is 0.294. The standard InChI is InChI=1S/C34H33F2N5O6/c1-18-39-28-21(30(42)45-8)15-20(16-25(28)40(18)24-12-14-38-29-23(36)10-9-22(35)27(24)29)19-11-13-37-26(17-19)41(31(43)46-33(2,3)4)32(44)47-34(5,6)7/h9-17H,1-8H3. The van der Waals surface area contributed by atoms with Gasteiger partial charge in [0.2, 0.25) is 0 Å². The molecule has 5 aromatic rings. The van der Waals surface area contributed by atoms with E-state index in [1.165, 1.54) is 31.6 Å². The van der Waals surface area contributed by atoms with Crippen molar-refractivity contribution in [1.29, 1.82) is 0 Å². The van der Waals surface area contributed by atoms with Crippen LogP contribution in [0.1, 0.15) is 57.7 Å². The molecule has 11 nitrogen and oxygen atoms in total. The minimum atomic E-state index is -1.00. The Kier molecular flexibility index (Phi) is 8.44. The molecule has 5 rings (SSSR count). The largest absolute Gasteiger partial charge is 0.465 e. The number of ether oxygens (including phenoxy) is 3. The summed E-state index contributed by atoms with van der Waals surface area (Å²) in [7, 11) is 1.23. The van der Waals surface area contributed by atoms with E-state index in [1.807, 2.05) is 0 Å². The third-order valence-electron chi connectivity index (χ3n) is 6.80. The summed E-state index contributed by atoms with van der Waals surface area (Å²) in [6, 6.07) is 9.84. The average Bonchev–Trinajstić information content (AvgIpc) is 3.31. The third kappa shape index (κ3) is 6.60. The monoisotopic (exact) mass is 645 g/mol. The van der Waals surface area contributed by atoms with Crippen molar-refractivity contribution in [1.82, 2.24) is 19.5 Å². The predicted molar refractivity (Wildman–Crippen MR) is 171 cm³/mol. The highest BCUT2D eigenvalue weighted by Crippen LogP contribution is 2.35. The van der Waals surface area contributed by atoms with Crippen molar-refractivity contribution in [3.05, 3.63) is 77.9 Å². The highest BCUT2D eigenvalue weighted by atomic mass is 19.1. The van der Waals surface area contributed by atoms with Crippen LogP contribution in [-0.4, -0.2) is 56.0 Å². The van der Waals surface area contributed by atoms with Crippen LogP contribution in [0.5, 0.6) is 0 Å². The van der Waals surface area contributed by atoms with Crippen molar-refractivity contribution in [3.63, 3.8) is 0 Å². The number of aryl methyl sites for hydroxylation is 1. The van der Waals surface area contributed by atoms with E-state index in [0.29, 0.717) is 27.4 Å². The van der Waals surface area contributed by atoms with E-state index >= 15 is 4.39 Å². The van der Waals surface area contributed by atoms with E-state index in [-0.39, 0.29) is 33.5 Å². The summed E-state index contributed by atoms with van der Waals surface area (Å²) < 4.78 is 47.6. The van der Waals surface area contributed by atoms with Crippen LogP contribution in [0.15, 0.2) is 54.9 Å². The number of halogens is 2. The van der Waals surface area contributed by atoms with Gasteiger partial charge < -0.3 is 14.2 Å². The highest BCUT2D eigenvalue weighted by Gasteiger charge is 2.34. The predicted octanol–water partition coefficient (Wildman–Crippen LogP) is 7.69. The first-order chi connectivity index (χ1) is 22.0. The minimum absolute atomic E-state index is 0.0727. The molecular weight excluding hydrogens is 612 g/mol. The van der Waals surface area contributed by atoms with E-state index < -0.39 is 41.0 Å². The fourth-order valence-corrected chi connectivity index (χ4v) is 4.99. The van der Waals surface area contributed by atoms with Crippen molar-refractivity contribution < 1.29 is 37.4 Å². The van der Waals surface area contributed by atoms with Crippen LogP contribution in [0.4, 0.5) is 24.2 Å². The number of imide groups is 1. The number of rotatable bonds is 4. The number of anilines is 1. The van der Waals surface area contributed by atoms with Gasteiger partial charge in [-0.25, -0.2) is 33.1 Å². The Hall–Kier alpha value is -5.46. The fourth-order valence-electron chi connectivity index (χ4n) is 4.99. The Morgan fingerprint density at radius 2 is 1.40 bits per heavy atom. The molecule has 47 heavy (non-hydrogen) atoms. The van der Waals surface area contributed by atoms with Crippen molar-refractivity contribution in [2.45, 2.75) is 59.7 Å². The zero-order valence-corrected chi connectivity index (χ0v) is 27.1. The van der Waals surface area contributed by atoms with Gasteiger partial charge in [-0.3, -0.25) is 9.55 Å². The summed E-state index contributed by atoms with van der Waals surface area (Å²) in [6.07, 6.45) is 0.725. The van der Waals surface area contributed by atoms with Crippen molar-refractivity contribution in [2.75, 3.05) is 12.0 Å². The van der Waals surface area contributed by atoms with Gasteiger partial charge in [0.05, 0.1) is 29.3 Å². The van der Waals surface area contributed by atoms with Crippen LogP contribution < -0.4 is 4.90 Å². The van der Waals surface area contributed by atoms with Gasteiger partial charge >= 0.3 is 18.2 Å². The lowest BCUT2D eigenvalue weighted by Crippen LogP contribution is -2.44. The molecule has 0 radical (unpaired) electrons. The zero-order chi connectivity index (χ0) is 34.4. The Balaban J connectivity index is 1.74. The van der Waals surface area contributed by atoms with Gasteiger partial charge in [-0.05, 0) is 102 Å². The normalized spacial score (nSPS) is 11.9. The number of fused-ring (bicyclic) bond motifs is 2. The molecule has 0 aliphatic rings. The maximum absolute atomic E-state index is 15.2. The molecule has 0 bridgehead atoms. The van der Waals surface area contributed by atoms with Gasteiger partial charge in [0.15, 0.2) is 0 Å². The molecule has 0 spiro atoms. The summed E-state index contributed by atoms with van der Waals surface area (Å²) in [5, 5.41) is -0.0727. The van der Waals surface area contributed by atoms with Crippen LogP contribution in [0, 0.1) is 18.6 Å².